The molecule has 346 valence electrons. The van der Waals surface area contributed by atoms with Gasteiger partial charge in [-0.05, 0) is 86.5 Å². The van der Waals surface area contributed by atoms with E-state index in [4.69, 9.17) is 26.2 Å². The first kappa shape index (κ1) is 51.7. The van der Waals surface area contributed by atoms with Crippen LogP contribution in [0.4, 0.5) is 0 Å². The molecule has 0 saturated carbocycles. The number of hydrogen-bond donors (Lipinski definition) is 4. The lowest BCUT2D eigenvalue weighted by molar-refractivity contribution is -0.142. The molecule has 0 aliphatic carbocycles. The van der Waals surface area contributed by atoms with Crippen LogP contribution < -0.4 is 21.5 Å². The average Bonchev–Trinajstić information content (AvgIpc) is 3.25. The Balaban J connectivity index is 0.00000925. The number of nitrogens with zero attached hydrogens (tertiary/aromatic N) is 4. The number of nitrogens with two attached hydrogens (primary N) is 2. The highest BCUT2D eigenvalue weighted by molar-refractivity contribution is 7.59. The van der Waals surface area contributed by atoms with E-state index < -0.39 is 47.6 Å². The standard InChI is InChI=1S/C50H61N7O7.H2S/c1-28-22-43(61)46(57(8)49(63)35(19-21-52)26-42(60)45-30(3)54-47(55-31(45)4)33-12-15-36(16-13-33)50(5,6)7)34-14-18-44(64-29(2)27-53)38(25-34)37-23-32(11-17-40(37)58)24-39(56-48(28)62)41(59)10-9-20-51;/h11-18,23,25,28-29,35,39,46,58H,9-10,19,21-22,24,26-27,52-53H2,1-8H3,(H,56,62);1H2/t28-,29?,35-,39+,46+;/m1./s1. The molecule has 0 fully saturated rings. The summed E-state index contributed by atoms with van der Waals surface area (Å²) in [6.07, 6.45) is -0.947. The number of aromatic hydroxyl groups is 1. The molecule has 1 aliphatic rings. The van der Waals surface area contributed by atoms with Crippen LogP contribution in [-0.4, -0.2) is 81.4 Å². The minimum absolute atomic E-state index is 0. The van der Waals surface area contributed by atoms with E-state index in [0.717, 1.165) is 11.1 Å². The third-order valence-corrected chi connectivity index (χ3v) is 11.8. The summed E-state index contributed by atoms with van der Waals surface area (Å²) >= 11 is 0. The largest absolute Gasteiger partial charge is 0.507 e. The van der Waals surface area contributed by atoms with E-state index in [9.17, 15) is 34.3 Å². The molecule has 14 nitrogen and oxygen atoms in total. The first-order valence-electron chi connectivity index (χ1n) is 21.8. The molecule has 0 radical (unpaired) electrons. The van der Waals surface area contributed by atoms with E-state index in [-0.39, 0.29) is 87.8 Å². The molecular weight excluding hydrogens is 843 g/mol. The second-order valence-corrected chi connectivity index (χ2v) is 17.9. The minimum atomic E-state index is -1.27. The number of carbonyl (C=O) groups excluding carboxylic acids is 5. The number of nitriles is 1. The van der Waals surface area contributed by atoms with Crippen LogP contribution >= 0.6 is 13.5 Å². The zero-order chi connectivity index (χ0) is 47.0. The molecular formula is C50H63N7O7S. The lowest BCUT2D eigenvalue weighted by Crippen LogP contribution is -2.46. The summed E-state index contributed by atoms with van der Waals surface area (Å²) in [5, 5.41) is 23.3. The molecule has 15 heteroatoms. The van der Waals surface area contributed by atoms with Gasteiger partial charge in [-0.25, -0.2) is 9.97 Å². The number of carbonyl (C=O) groups is 5. The number of benzene rings is 3. The Kier molecular flexibility index (Phi) is 17.7. The number of likely N-dealkylation sites (N-methyl/N-ethyl adjacent to an activating group) is 1. The van der Waals surface area contributed by atoms with Gasteiger partial charge < -0.3 is 31.5 Å². The third kappa shape index (κ3) is 12.4. The van der Waals surface area contributed by atoms with Crippen molar-refractivity contribution in [1.82, 2.24) is 20.2 Å². The zero-order valence-electron chi connectivity index (χ0n) is 38.7. The van der Waals surface area contributed by atoms with Crippen molar-refractivity contribution in [1.29, 1.82) is 5.26 Å². The number of rotatable bonds is 14. The Labute approximate surface area is 389 Å². The van der Waals surface area contributed by atoms with Gasteiger partial charge in [0.05, 0.1) is 29.1 Å². The highest BCUT2D eigenvalue weighted by Crippen LogP contribution is 2.41. The van der Waals surface area contributed by atoms with Crippen molar-refractivity contribution in [2.24, 2.45) is 23.3 Å². The summed E-state index contributed by atoms with van der Waals surface area (Å²) in [5.74, 6) is -3.45. The summed E-state index contributed by atoms with van der Waals surface area (Å²) in [6, 6.07) is 17.4. The van der Waals surface area contributed by atoms with Gasteiger partial charge in [-0.15, -0.1) is 0 Å². The number of ether oxygens (including phenoxy) is 1. The lowest BCUT2D eigenvalue weighted by Gasteiger charge is -2.32. The maximum Gasteiger partial charge on any atom is 0.226 e. The van der Waals surface area contributed by atoms with Crippen molar-refractivity contribution in [3.63, 3.8) is 0 Å². The monoisotopic (exact) mass is 905 g/mol. The molecule has 0 spiro atoms. The molecule has 3 aromatic carbocycles. The molecule has 2 amide bonds. The Bertz CT molecular complexity index is 2420. The molecule has 0 saturated heterocycles. The van der Waals surface area contributed by atoms with Crippen LogP contribution in [0.15, 0.2) is 60.7 Å². The number of Topliss-reactive ketones (excluding diaryl/α,β-unsaturated/α-hetero) is 3. The second-order valence-electron chi connectivity index (χ2n) is 17.9. The molecule has 6 N–H and O–H groups in total. The second kappa shape index (κ2) is 22.3. The summed E-state index contributed by atoms with van der Waals surface area (Å²) in [4.78, 5) is 81.4. The molecule has 4 bridgehead atoms. The minimum Gasteiger partial charge on any atom is -0.507 e. The summed E-state index contributed by atoms with van der Waals surface area (Å²) in [6.45, 7) is 13.5. The van der Waals surface area contributed by atoms with Crippen LogP contribution in [-0.2, 0) is 31.0 Å². The van der Waals surface area contributed by atoms with E-state index in [2.05, 4.69) is 26.1 Å². The smallest absolute Gasteiger partial charge is 0.226 e. The molecule has 1 aliphatic heterocycles. The van der Waals surface area contributed by atoms with Gasteiger partial charge in [0, 0.05) is 67.8 Å². The number of aryl methyl sites for hydroxylation is 2. The van der Waals surface area contributed by atoms with Crippen LogP contribution in [0.25, 0.3) is 22.5 Å². The van der Waals surface area contributed by atoms with Gasteiger partial charge in [-0.2, -0.15) is 18.8 Å². The van der Waals surface area contributed by atoms with Crippen molar-refractivity contribution in [3.05, 3.63) is 94.3 Å². The van der Waals surface area contributed by atoms with Gasteiger partial charge >= 0.3 is 0 Å². The van der Waals surface area contributed by atoms with Crippen molar-refractivity contribution in [3.8, 4) is 40.1 Å². The molecule has 4 aromatic rings. The number of hydrogen-bond acceptors (Lipinski definition) is 12. The zero-order valence-corrected chi connectivity index (χ0v) is 39.7. The summed E-state index contributed by atoms with van der Waals surface area (Å²) in [5.41, 5.74) is 16.8. The number of nitrogens with one attached hydrogen (secondary N) is 1. The lowest BCUT2D eigenvalue weighted by atomic mass is 9.86. The van der Waals surface area contributed by atoms with Crippen LogP contribution in [0.3, 0.4) is 0 Å². The maximum atomic E-state index is 14.7. The van der Waals surface area contributed by atoms with Crippen LogP contribution in [0, 0.1) is 37.0 Å². The molecule has 2 heterocycles. The van der Waals surface area contributed by atoms with Gasteiger partial charge in [-0.3, -0.25) is 24.0 Å². The summed E-state index contributed by atoms with van der Waals surface area (Å²) < 4.78 is 6.22. The van der Waals surface area contributed by atoms with E-state index in [1.165, 1.54) is 18.0 Å². The van der Waals surface area contributed by atoms with Gasteiger partial charge in [0.15, 0.2) is 23.2 Å². The Morgan fingerprint density at radius 1 is 0.985 bits per heavy atom. The first-order chi connectivity index (χ1) is 30.3. The predicted octanol–water partition coefficient (Wildman–Crippen LogP) is 6.52. The van der Waals surface area contributed by atoms with E-state index in [1.54, 1.807) is 58.0 Å². The van der Waals surface area contributed by atoms with Crippen LogP contribution in [0.1, 0.15) is 111 Å². The predicted molar refractivity (Wildman–Crippen MR) is 255 cm³/mol. The fraction of sp³-hybridized carbons (Fsp3) is 0.440. The molecule has 5 atom stereocenters. The van der Waals surface area contributed by atoms with E-state index >= 15 is 0 Å². The van der Waals surface area contributed by atoms with Gasteiger partial charge in [-0.1, -0.05) is 64.1 Å². The van der Waals surface area contributed by atoms with Crippen molar-refractivity contribution >= 4 is 42.7 Å². The first-order valence-corrected chi connectivity index (χ1v) is 21.8. The average molecular weight is 906 g/mol. The number of aromatic nitrogens is 2. The molecule has 5 rings (SSSR count). The number of ketones is 3. The Hall–Kier alpha value is -5.95. The summed E-state index contributed by atoms with van der Waals surface area (Å²) in [7, 11) is 1.48. The van der Waals surface area contributed by atoms with E-state index in [1.807, 2.05) is 30.3 Å². The number of phenols is 1. The Morgan fingerprint density at radius 2 is 1.65 bits per heavy atom. The maximum absolute atomic E-state index is 14.7. The number of fused-ring (bicyclic) bond motifs is 5. The fourth-order valence-corrected chi connectivity index (χ4v) is 8.13. The number of phenolic OH excluding ortho intramolecular Hbond substituents is 1. The fourth-order valence-electron chi connectivity index (χ4n) is 8.13. The van der Waals surface area contributed by atoms with Crippen molar-refractivity contribution in [2.45, 2.75) is 111 Å². The van der Waals surface area contributed by atoms with Crippen LogP contribution in [0.5, 0.6) is 11.5 Å². The van der Waals surface area contributed by atoms with Crippen LogP contribution in [0.2, 0.25) is 0 Å². The van der Waals surface area contributed by atoms with E-state index in [0.29, 0.717) is 50.8 Å². The molecule has 1 aromatic heterocycles. The normalized spacial score (nSPS) is 17.3. The highest BCUT2D eigenvalue weighted by atomic mass is 32.1. The van der Waals surface area contributed by atoms with Gasteiger partial charge in [0.25, 0.3) is 0 Å². The molecule has 65 heavy (non-hydrogen) atoms. The topological polar surface area (TPSA) is 232 Å². The van der Waals surface area contributed by atoms with Gasteiger partial charge in [0.1, 0.15) is 23.6 Å². The van der Waals surface area contributed by atoms with Gasteiger partial charge in [0.2, 0.25) is 11.8 Å². The van der Waals surface area contributed by atoms with Crippen molar-refractivity contribution < 1.29 is 33.8 Å². The molecule has 1 unspecified atom stereocenters. The quantitative estimate of drug-likeness (QED) is 0.0992. The third-order valence-electron chi connectivity index (χ3n) is 11.8. The van der Waals surface area contributed by atoms with Crippen molar-refractivity contribution in [2.75, 3.05) is 20.1 Å². The number of amides is 2. The highest BCUT2D eigenvalue weighted by Gasteiger charge is 2.36. The SMILES string of the molecule is Cc1nc(-c2ccc(C(C)(C)C)cc2)nc(C)c1C(=O)C[C@@H](CCN)C(=O)N(C)[C@@H]1C(=O)C[C@@H](C)C(=O)N[C@H](C(=O)CCC#N)Cc2ccc(O)c(c2)-c2cc1ccc2OC(C)CN.S. The Morgan fingerprint density at radius 3 is 2.25 bits per heavy atom.